The van der Waals surface area contributed by atoms with E-state index in [1.54, 1.807) is 6.08 Å². The van der Waals surface area contributed by atoms with Gasteiger partial charge in [0.1, 0.15) is 11.8 Å². The van der Waals surface area contributed by atoms with Crippen LogP contribution < -0.4 is 5.32 Å². The van der Waals surface area contributed by atoms with Gasteiger partial charge in [-0.3, -0.25) is 19.7 Å². The maximum Gasteiger partial charge on any atom is 0.244 e. The Labute approximate surface area is 128 Å². The first-order valence-corrected chi connectivity index (χ1v) is 8.07. The van der Waals surface area contributed by atoms with Gasteiger partial charge in [0.05, 0.1) is 6.07 Å². The summed E-state index contributed by atoms with van der Waals surface area (Å²) >= 11 is 1.03. The van der Waals surface area contributed by atoms with E-state index in [1.165, 1.54) is 0 Å². The lowest BCUT2D eigenvalue weighted by atomic mass is 9.57. The normalized spacial score (nSPS) is 27.8. The highest BCUT2D eigenvalue weighted by molar-refractivity contribution is 8.13. The monoisotopic (exact) mass is 306 g/mol. The second kappa shape index (κ2) is 6.44. The molecule has 21 heavy (non-hydrogen) atoms. The van der Waals surface area contributed by atoms with Crippen molar-refractivity contribution in [3.8, 4) is 6.07 Å². The number of piperidine rings is 1. The first-order chi connectivity index (χ1) is 10.1. The molecule has 1 N–H and O–H groups in total. The first-order valence-electron chi connectivity index (χ1n) is 7.08. The summed E-state index contributed by atoms with van der Waals surface area (Å²) in [6.07, 6.45) is 5.45. The Morgan fingerprint density at radius 2 is 2.05 bits per heavy atom. The number of amides is 2. The summed E-state index contributed by atoms with van der Waals surface area (Å²) in [5, 5.41) is 11.3. The predicted molar refractivity (Wildman–Crippen MR) is 78.9 cm³/mol. The minimum Gasteiger partial charge on any atom is -0.295 e. The average Bonchev–Trinajstić information content (AvgIpc) is 2.46. The summed E-state index contributed by atoms with van der Waals surface area (Å²) in [5.41, 5.74) is -0.822. The van der Waals surface area contributed by atoms with Gasteiger partial charge in [0.25, 0.3) is 0 Å². The van der Waals surface area contributed by atoms with Gasteiger partial charge in [-0.2, -0.15) is 5.26 Å². The Hall–Kier alpha value is -1.61. The number of hydrogen-bond donors (Lipinski definition) is 1. The van der Waals surface area contributed by atoms with Crippen LogP contribution in [-0.4, -0.2) is 22.7 Å². The fraction of sp³-hybridized carbons (Fsp3) is 0.600. The van der Waals surface area contributed by atoms with Crippen LogP contribution in [0.15, 0.2) is 12.7 Å². The summed E-state index contributed by atoms with van der Waals surface area (Å²) in [4.78, 5) is 36.7. The van der Waals surface area contributed by atoms with Crippen molar-refractivity contribution in [1.29, 1.82) is 5.26 Å². The first kappa shape index (κ1) is 15.8. The SMILES string of the molecule is C=CCSC(=O)C1C(=O)NC(=O)C(C#N)C12CCCCC2. The largest absolute Gasteiger partial charge is 0.295 e. The maximum atomic E-state index is 12.4. The van der Waals surface area contributed by atoms with Crippen LogP contribution in [0.4, 0.5) is 0 Å². The van der Waals surface area contributed by atoms with Crippen molar-refractivity contribution in [1.82, 2.24) is 5.32 Å². The molecule has 2 unspecified atom stereocenters. The van der Waals surface area contributed by atoms with E-state index in [4.69, 9.17) is 0 Å². The highest BCUT2D eigenvalue weighted by Gasteiger charge is 2.58. The quantitative estimate of drug-likeness (QED) is 0.488. The highest BCUT2D eigenvalue weighted by atomic mass is 32.2. The van der Waals surface area contributed by atoms with E-state index < -0.39 is 29.1 Å². The highest BCUT2D eigenvalue weighted by Crippen LogP contribution is 2.51. The number of rotatable bonds is 3. The molecule has 5 nitrogen and oxygen atoms in total. The van der Waals surface area contributed by atoms with Crippen molar-refractivity contribution >= 4 is 28.7 Å². The molecule has 0 radical (unpaired) electrons. The molecular weight excluding hydrogens is 288 g/mol. The Morgan fingerprint density at radius 3 is 2.62 bits per heavy atom. The molecular formula is C15H18N2O3S. The van der Waals surface area contributed by atoms with Gasteiger partial charge in [-0.25, -0.2) is 0 Å². The van der Waals surface area contributed by atoms with E-state index >= 15 is 0 Å². The second-order valence-electron chi connectivity index (χ2n) is 5.56. The predicted octanol–water partition coefficient (Wildman–Crippen LogP) is 1.80. The molecule has 112 valence electrons. The number of imide groups is 1. The number of nitriles is 1. The fourth-order valence-electron chi connectivity index (χ4n) is 3.50. The second-order valence-corrected chi connectivity index (χ2v) is 6.59. The molecule has 1 heterocycles. The van der Waals surface area contributed by atoms with Gasteiger partial charge in [-0.1, -0.05) is 37.1 Å². The molecule has 2 atom stereocenters. The number of thioether (sulfide) groups is 1. The lowest BCUT2D eigenvalue weighted by Crippen LogP contribution is -2.60. The molecule has 0 aromatic rings. The van der Waals surface area contributed by atoms with Crippen molar-refractivity contribution < 1.29 is 14.4 Å². The molecule has 2 rings (SSSR count). The molecule has 1 spiro atoms. The third kappa shape index (κ3) is 2.75. The van der Waals surface area contributed by atoms with Gasteiger partial charge < -0.3 is 0 Å². The zero-order valence-electron chi connectivity index (χ0n) is 11.8. The lowest BCUT2D eigenvalue weighted by molar-refractivity contribution is -0.152. The van der Waals surface area contributed by atoms with Crippen molar-refractivity contribution in [3.05, 3.63) is 12.7 Å². The third-order valence-electron chi connectivity index (χ3n) is 4.41. The average molecular weight is 306 g/mol. The summed E-state index contributed by atoms with van der Waals surface area (Å²) in [7, 11) is 0. The Kier molecular flexibility index (Phi) is 4.84. The molecule has 1 saturated carbocycles. The van der Waals surface area contributed by atoms with Crippen LogP contribution in [0, 0.1) is 28.6 Å². The Bertz CT molecular complexity index is 518. The van der Waals surface area contributed by atoms with Crippen LogP contribution in [0.5, 0.6) is 0 Å². The number of nitrogens with one attached hydrogen (secondary N) is 1. The topological polar surface area (TPSA) is 87.0 Å². The van der Waals surface area contributed by atoms with E-state index in [-0.39, 0.29) is 5.12 Å². The fourth-order valence-corrected chi connectivity index (χ4v) is 4.29. The number of carbonyl (C=O) groups excluding carboxylic acids is 3. The summed E-state index contributed by atoms with van der Waals surface area (Å²) in [6, 6.07) is 2.03. The van der Waals surface area contributed by atoms with Crippen LogP contribution in [0.3, 0.4) is 0 Å². The van der Waals surface area contributed by atoms with E-state index in [1.807, 2.05) is 6.07 Å². The molecule has 2 amide bonds. The summed E-state index contributed by atoms with van der Waals surface area (Å²) < 4.78 is 0. The van der Waals surface area contributed by atoms with E-state index in [0.717, 1.165) is 31.0 Å². The molecule has 6 heteroatoms. The minimum absolute atomic E-state index is 0.262. The molecule has 0 aromatic heterocycles. The van der Waals surface area contributed by atoms with Gasteiger partial charge >= 0.3 is 0 Å². The smallest absolute Gasteiger partial charge is 0.244 e. The van der Waals surface area contributed by atoms with E-state index in [9.17, 15) is 19.6 Å². The van der Waals surface area contributed by atoms with E-state index in [0.29, 0.717) is 18.6 Å². The molecule has 0 aromatic carbocycles. The van der Waals surface area contributed by atoms with Gasteiger partial charge in [0, 0.05) is 11.2 Å². The molecule has 0 bridgehead atoms. The standard InChI is InChI=1S/C15H18N2O3S/c1-2-8-21-14(20)11-13(19)17-12(18)10(9-16)15(11)6-4-3-5-7-15/h2,10-11H,1,3-8H2,(H,17,18,19). The number of nitrogens with zero attached hydrogens (tertiary/aromatic N) is 1. The molecule has 1 aliphatic carbocycles. The van der Waals surface area contributed by atoms with Gasteiger partial charge in [-0.15, -0.1) is 6.58 Å². The number of carbonyl (C=O) groups is 3. The molecule has 1 saturated heterocycles. The van der Waals surface area contributed by atoms with Crippen molar-refractivity contribution in [2.45, 2.75) is 32.1 Å². The van der Waals surface area contributed by atoms with Crippen LogP contribution >= 0.6 is 11.8 Å². The van der Waals surface area contributed by atoms with E-state index in [2.05, 4.69) is 11.9 Å². The van der Waals surface area contributed by atoms with Crippen molar-refractivity contribution in [3.63, 3.8) is 0 Å². The van der Waals surface area contributed by atoms with Gasteiger partial charge in [0.15, 0.2) is 0 Å². The third-order valence-corrected chi connectivity index (χ3v) is 5.34. The Morgan fingerprint density at radius 1 is 1.38 bits per heavy atom. The van der Waals surface area contributed by atoms with Gasteiger partial charge in [-0.05, 0) is 12.8 Å². The lowest BCUT2D eigenvalue weighted by Gasteiger charge is -2.46. The van der Waals surface area contributed by atoms with Gasteiger partial charge in [0.2, 0.25) is 16.9 Å². The maximum absolute atomic E-state index is 12.4. The van der Waals surface area contributed by atoms with Crippen molar-refractivity contribution in [2.24, 2.45) is 17.3 Å². The minimum atomic E-state index is -0.922. The Balaban J connectivity index is 2.39. The molecule has 2 fully saturated rings. The zero-order valence-corrected chi connectivity index (χ0v) is 12.6. The number of hydrogen-bond acceptors (Lipinski definition) is 5. The molecule has 1 aliphatic heterocycles. The van der Waals surface area contributed by atoms with Crippen LogP contribution in [0.25, 0.3) is 0 Å². The van der Waals surface area contributed by atoms with Crippen LogP contribution in [-0.2, 0) is 14.4 Å². The van der Waals surface area contributed by atoms with Crippen LogP contribution in [0.2, 0.25) is 0 Å². The molecule has 2 aliphatic rings. The summed E-state index contributed by atoms with van der Waals surface area (Å²) in [5.74, 6) is -2.51. The zero-order chi connectivity index (χ0) is 15.5. The summed E-state index contributed by atoms with van der Waals surface area (Å²) in [6.45, 7) is 3.56. The van der Waals surface area contributed by atoms with Crippen LogP contribution in [0.1, 0.15) is 32.1 Å². The van der Waals surface area contributed by atoms with Crippen molar-refractivity contribution in [2.75, 3.05) is 5.75 Å².